The van der Waals surface area contributed by atoms with Gasteiger partial charge in [0.15, 0.2) is 22.9 Å². The fourth-order valence-electron chi connectivity index (χ4n) is 4.93. The van der Waals surface area contributed by atoms with Crippen LogP contribution in [-0.4, -0.2) is 74.3 Å². The third kappa shape index (κ3) is 43.4. The molecule has 0 heterocycles. The zero-order valence-corrected chi connectivity index (χ0v) is 33.9. The minimum absolute atomic E-state index is 0.182. The van der Waals surface area contributed by atoms with Gasteiger partial charge in [-0.15, -0.1) is 0 Å². The zero-order valence-electron chi connectivity index (χ0n) is 31.9. The smallest absolute Gasteiger partial charge is 0.173 e. The topological polar surface area (TPSA) is 203 Å². The third-order valence-electron chi connectivity index (χ3n) is 7.17. The number of carbonyl (C=O) groups excluding carboxylic acids is 1. The van der Waals surface area contributed by atoms with Gasteiger partial charge in [-0.05, 0) is 94.2 Å². The molecule has 0 radical (unpaired) electrons. The number of rotatable bonds is 45. The van der Waals surface area contributed by atoms with Gasteiger partial charge >= 0.3 is 0 Å². The van der Waals surface area contributed by atoms with Crippen LogP contribution in [0, 0.1) is 0 Å². The van der Waals surface area contributed by atoms with E-state index < -0.39 is 16.6 Å². The number of carbonyl (C=O) groups is 1. The molecule has 22 heteroatoms. The molecule has 0 bridgehead atoms. The van der Waals surface area contributed by atoms with Crippen LogP contribution in [0.1, 0.15) is 96.3 Å². The zero-order chi connectivity index (χ0) is 38.8. The summed E-state index contributed by atoms with van der Waals surface area (Å²) in [5.41, 5.74) is 0. The van der Waals surface area contributed by atoms with Crippen molar-refractivity contribution >= 4 is 22.9 Å². The van der Waals surface area contributed by atoms with Gasteiger partial charge in [-0.3, -0.25) is 0 Å². The second kappa shape index (κ2) is 40.4. The fourth-order valence-corrected chi connectivity index (χ4v) is 13.7. The SMILES string of the molecule is C[Si](C)(CCCO/C=C\OOOOOOOOOOOOOOCCO)O[Si](C)(C)CCCOCCOCCCCCCCCCCCCCCC=O. The Morgan fingerprint density at radius 3 is 1.40 bits per heavy atom. The van der Waals surface area contributed by atoms with Crippen LogP contribution in [0.2, 0.25) is 38.3 Å². The first kappa shape index (κ1) is 51.8. The highest BCUT2D eigenvalue weighted by Crippen LogP contribution is 2.24. The summed E-state index contributed by atoms with van der Waals surface area (Å²) in [6.45, 7) is 11.8. The maximum atomic E-state index is 10.3. The molecule has 0 aliphatic heterocycles. The van der Waals surface area contributed by atoms with Gasteiger partial charge in [0.2, 0.25) is 0 Å². The van der Waals surface area contributed by atoms with Crippen molar-refractivity contribution < 1.29 is 98.5 Å². The number of aldehydes is 1. The van der Waals surface area contributed by atoms with E-state index in [1.54, 1.807) is 0 Å². The Balaban J connectivity index is 3.50. The van der Waals surface area contributed by atoms with E-state index >= 15 is 0 Å². The van der Waals surface area contributed by atoms with E-state index in [-0.39, 0.29) is 13.2 Å². The summed E-state index contributed by atoms with van der Waals surface area (Å²) in [6.07, 6.45) is 21.0. The van der Waals surface area contributed by atoms with Gasteiger partial charge in [0, 0.05) is 49.9 Å². The maximum Gasteiger partial charge on any atom is 0.173 e. The van der Waals surface area contributed by atoms with Crippen LogP contribution in [0.5, 0.6) is 0 Å². The molecular weight excluding hydrogens is 748 g/mol. The van der Waals surface area contributed by atoms with Gasteiger partial charge in [-0.2, -0.15) is 0 Å². The van der Waals surface area contributed by atoms with Crippen LogP contribution < -0.4 is 0 Å². The lowest BCUT2D eigenvalue weighted by Crippen LogP contribution is -2.44. The molecule has 0 aliphatic carbocycles. The van der Waals surface area contributed by atoms with E-state index in [1.165, 1.54) is 70.5 Å². The molecule has 0 aromatic carbocycles. The van der Waals surface area contributed by atoms with E-state index in [4.69, 9.17) is 23.4 Å². The molecule has 0 unspecified atom stereocenters. The summed E-state index contributed by atoms with van der Waals surface area (Å²) in [7, 11) is -3.68. The molecule has 0 saturated heterocycles. The highest BCUT2D eigenvalue weighted by molar-refractivity contribution is 6.84. The molecule has 53 heavy (non-hydrogen) atoms. The van der Waals surface area contributed by atoms with Crippen molar-refractivity contribution in [2.75, 3.05) is 46.2 Å². The Kier molecular flexibility index (Phi) is 39.5. The minimum Gasteiger partial charge on any atom is -0.498 e. The second-order valence-electron chi connectivity index (χ2n) is 12.9. The van der Waals surface area contributed by atoms with E-state index in [0.717, 1.165) is 70.0 Å². The first-order valence-electron chi connectivity index (χ1n) is 18.3. The van der Waals surface area contributed by atoms with Gasteiger partial charge < -0.3 is 33.1 Å². The Labute approximate surface area is 314 Å². The first-order valence-corrected chi connectivity index (χ1v) is 24.5. The lowest BCUT2D eigenvalue weighted by molar-refractivity contribution is -0.874. The molecule has 0 aromatic heterocycles. The van der Waals surface area contributed by atoms with Gasteiger partial charge in [-0.25, -0.2) is 4.89 Å². The maximum absolute atomic E-state index is 10.3. The summed E-state index contributed by atoms with van der Waals surface area (Å²) in [6, 6.07) is 1.99. The van der Waals surface area contributed by atoms with Gasteiger partial charge in [-0.1, -0.05) is 64.2 Å². The number of aliphatic hydroxyl groups excluding tert-OH is 1. The second-order valence-corrected chi connectivity index (χ2v) is 21.7. The summed E-state index contributed by atoms with van der Waals surface area (Å²) in [4.78, 5) is 18.9. The molecule has 0 amide bonds. The monoisotopic (exact) mass is 812 g/mol. The van der Waals surface area contributed by atoms with Gasteiger partial charge in [0.25, 0.3) is 0 Å². The number of hydrogen-bond donors (Lipinski definition) is 1. The Morgan fingerprint density at radius 1 is 0.453 bits per heavy atom. The fraction of sp³-hybridized carbons (Fsp3) is 0.903. The lowest BCUT2D eigenvalue weighted by Gasteiger charge is -2.34. The van der Waals surface area contributed by atoms with Crippen molar-refractivity contribution in [1.82, 2.24) is 0 Å². The molecule has 0 fully saturated rings. The average Bonchev–Trinajstić information content (AvgIpc) is 3.12. The van der Waals surface area contributed by atoms with Crippen molar-refractivity contribution in [2.45, 2.75) is 135 Å². The quantitative estimate of drug-likeness (QED) is 0.0163. The van der Waals surface area contributed by atoms with Gasteiger partial charge in [0.1, 0.15) is 19.2 Å². The van der Waals surface area contributed by atoms with Crippen LogP contribution in [-0.2, 0) is 93.4 Å². The summed E-state index contributed by atoms with van der Waals surface area (Å²) in [5, 5.41) is 53.8. The van der Waals surface area contributed by atoms with Crippen molar-refractivity contribution in [3.05, 3.63) is 12.5 Å². The molecule has 316 valence electrons. The first-order chi connectivity index (χ1) is 25.8. The molecule has 0 saturated carbocycles. The van der Waals surface area contributed by atoms with Crippen molar-refractivity contribution in [1.29, 1.82) is 0 Å². The Hall–Kier alpha value is -1.24. The van der Waals surface area contributed by atoms with E-state index in [2.05, 4.69) is 96.4 Å². The molecule has 0 rings (SSSR count). The van der Waals surface area contributed by atoms with Gasteiger partial charge in [0.05, 0.1) is 26.4 Å². The Morgan fingerprint density at radius 2 is 0.887 bits per heavy atom. The van der Waals surface area contributed by atoms with Crippen LogP contribution in [0.25, 0.3) is 0 Å². The highest BCUT2D eigenvalue weighted by Gasteiger charge is 2.32. The van der Waals surface area contributed by atoms with E-state index in [1.807, 2.05) is 0 Å². The molecule has 1 N–H and O–H groups in total. The summed E-state index contributed by atoms with van der Waals surface area (Å²) < 4.78 is 23.6. The van der Waals surface area contributed by atoms with Crippen LogP contribution in [0.3, 0.4) is 0 Å². The predicted octanol–water partition coefficient (Wildman–Crippen LogP) is 7.10. The number of unbranched alkanes of at least 4 members (excludes halogenated alkanes) is 12. The average molecular weight is 813 g/mol. The van der Waals surface area contributed by atoms with Crippen LogP contribution in [0.15, 0.2) is 12.5 Å². The molecular formula is C31H64O20Si2. The number of aliphatic hydroxyl groups is 1. The number of hydrogen-bond acceptors (Lipinski definition) is 20. The Bertz CT molecular complexity index is 786. The molecule has 0 aliphatic rings. The molecule has 20 nitrogen and oxygen atoms in total. The molecule has 0 aromatic rings. The minimum atomic E-state index is -1.86. The highest BCUT2D eigenvalue weighted by atomic mass is 28.4. The van der Waals surface area contributed by atoms with Crippen molar-refractivity contribution in [2.24, 2.45) is 0 Å². The standard InChI is InChI=1S/C31H64O20Si2/c1-52(2,30-18-23-35-27-26-34-22-17-15-13-11-9-7-5-6-8-10-12-14-16-20-32)51-53(3,4)31-19-24-36-28-29-38-40-42-44-46-48-50-49-47-45-43-41-39-37-25-21-33/h20,28-29,33H,5-19,21-27,30-31H2,1-4H3/b29-28-. The summed E-state index contributed by atoms with van der Waals surface area (Å²) in [5.74, 6) is 0. The van der Waals surface area contributed by atoms with E-state index in [9.17, 15) is 4.79 Å². The third-order valence-corrected chi connectivity index (χ3v) is 14.7. The van der Waals surface area contributed by atoms with E-state index in [0.29, 0.717) is 19.8 Å². The molecule has 0 spiro atoms. The van der Waals surface area contributed by atoms with Crippen molar-refractivity contribution in [3.8, 4) is 0 Å². The lowest BCUT2D eigenvalue weighted by atomic mass is 10.0. The number of ether oxygens (including phenoxy) is 3. The normalized spacial score (nSPS) is 12.2. The predicted molar refractivity (Wildman–Crippen MR) is 185 cm³/mol. The van der Waals surface area contributed by atoms with Crippen molar-refractivity contribution in [3.63, 3.8) is 0 Å². The van der Waals surface area contributed by atoms with Crippen LogP contribution in [0.4, 0.5) is 0 Å². The molecule has 0 atom stereocenters. The van der Waals surface area contributed by atoms with Crippen LogP contribution >= 0.6 is 0 Å². The largest absolute Gasteiger partial charge is 0.498 e. The summed E-state index contributed by atoms with van der Waals surface area (Å²) >= 11 is 0.